The lowest BCUT2D eigenvalue weighted by atomic mass is 9.44. The van der Waals surface area contributed by atoms with E-state index >= 15 is 0 Å². The molecule has 2 aliphatic carbocycles. The highest BCUT2D eigenvalue weighted by Crippen LogP contribution is 2.64. The van der Waals surface area contributed by atoms with Gasteiger partial charge in [0.1, 0.15) is 0 Å². The number of hydrogen-bond acceptors (Lipinski definition) is 0. The van der Waals surface area contributed by atoms with Crippen LogP contribution in [0.5, 0.6) is 0 Å². The Morgan fingerprint density at radius 3 is 0.893 bits per heavy atom. The molecule has 0 aliphatic heterocycles. The van der Waals surface area contributed by atoms with Crippen molar-refractivity contribution < 1.29 is 0 Å². The minimum absolute atomic E-state index is 0.351. The molecule has 0 nitrogen and oxygen atoms in total. The number of hydrogen-bond donors (Lipinski definition) is 0. The fourth-order valence-corrected chi connectivity index (χ4v) is 7.95. The Morgan fingerprint density at radius 1 is 0.464 bits per heavy atom. The predicted octanol–water partition coefficient (Wildman–Crippen LogP) is 9.34. The Bertz CT molecular complexity index is 440. The van der Waals surface area contributed by atoms with E-state index < -0.39 is 0 Å². The zero-order valence-corrected chi connectivity index (χ0v) is 21.5. The Kier molecular flexibility index (Phi) is 7.16. The first kappa shape index (κ1) is 24.3. The standard InChI is InChI=1S/C28H53/c1-20(2)28(27(9,10)11,23-16-12-21(13-17-23)25(3,4)5)24-18-14-22(15-19-24)26(6,7)8/h21-24H,12-19H2,1-11H3/t21-,22?,23-,24?,28?. The summed E-state index contributed by atoms with van der Waals surface area (Å²) >= 11 is 0. The van der Waals surface area contributed by atoms with Gasteiger partial charge in [-0.15, -0.1) is 0 Å². The van der Waals surface area contributed by atoms with Crippen molar-refractivity contribution in [2.75, 3.05) is 0 Å². The summed E-state index contributed by atoms with van der Waals surface area (Å²) in [7, 11) is 0. The lowest BCUT2D eigenvalue weighted by molar-refractivity contribution is -0.0760. The van der Waals surface area contributed by atoms with Gasteiger partial charge in [0.25, 0.3) is 0 Å². The molecule has 0 aromatic rings. The molecule has 2 aliphatic rings. The molecule has 0 atom stereocenters. The monoisotopic (exact) mass is 389 g/mol. The van der Waals surface area contributed by atoms with Gasteiger partial charge in [-0.2, -0.15) is 0 Å². The van der Waals surface area contributed by atoms with E-state index in [2.05, 4.69) is 76.2 Å². The fraction of sp³-hybridized carbons (Fsp3) is 0.964. The molecule has 0 bridgehead atoms. The molecule has 1 radical (unpaired) electrons. The van der Waals surface area contributed by atoms with E-state index in [-0.39, 0.29) is 0 Å². The van der Waals surface area contributed by atoms with Crippen LogP contribution in [0, 0.1) is 51.2 Å². The number of rotatable bonds is 3. The van der Waals surface area contributed by atoms with Crippen molar-refractivity contribution in [1.29, 1.82) is 0 Å². The van der Waals surface area contributed by atoms with E-state index in [0.29, 0.717) is 21.7 Å². The summed E-state index contributed by atoms with van der Waals surface area (Å²) in [5, 5.41) is 0. The molecule has 0 N–H and O–H groups in total. The first-order chi connectivity index (χ1) is 12.6. The molecule has 0 spiro atoms. The van der Waals surface area contributed by atoms with E-state index in [4.69, 9.17) is 0 Å². The highest BCUT2D eigenvalue weighted by Gasteiger charge is 2.56. The molecule has 0 saturated heterocycles. The van der Waals surface area contributed by atoms with Crippen molar-refractivity contribution in [2.45, 2.75) is 128 Å². The van der Waals surface area contributed by atoms with Crippen LogP contribution in [0.15, 0.2) is 0 Å². The topological polar surface area (TPSA) is 0 Å². The third kappa shape index (κ3) is 4.67. The second-order valence-electron chi connectivity index (χ2n) is 13.9. The van der Waals surface area contributed by atoms with Gasteiger partial charge in [-0.3, -0.25) is 0 Å². The van der Waals surface area contributed by atoms with Crippen LogP contribution in [-0.2, 0) is 0 Å². The summed E-state index contributed by atoms with van der Waals surface area (Å²) in [4.78, 5) is 0. The minimum Gasteiger partial charge on any atom is -0.0599 e. The van der Waals surface area contributed by atoms with Crippen LogP contribution in [0.2, 0.25) is 0 Å². The normalized spacial score (nSPS) is 33.0. The van der Waals surface area contributed by atoms with Crippen LogP contribution in [0.1, 0.15) is 128 Å². The van der Waals surface area contributed by atoms with E-state index in [9.17, 15) is 0 Å². The molecule has 2 fully saturated rings. The Labute approximate surface area is 179 Å². The zero-order chi connectivity index (χ0) is 21.5. The van der Waals surface area contributed by atoms with Gasteiger partial charge in [-0.05, 0) is 103 Å². The third-order valence-electron chi connectivity index (χ3n) is 9.26. The summed E-state index contributed by atoms with van der Waals surface area (Å²) in [6.07, 6.45) is 11.6. The maximum absolute atomic E-state index is 2.56. The lowest BCUT2D eigenvalue weighted by Crippen LogP contribution is -2.53. The molecule has 0 aromatic heterocycles. The predicted molar refractivity (Wildman–Crippen MR) is 126 cm³/mol. The average Bonchev–Trinajstić information content (AvgIpc) is 2.53. The van der Waals surface area contributed by atoms with Crippen molar-refractivity contribution in [3.63, 3.8) is 0 Å². The first-order valence-electron chi connectivity index (χ1n) is 12.4. The van der Waals surface area contributed by atoms with Gasteiger partial charge in [-0.1, -0.05) is 76.2 Å². The molecule has 0 unspecified atom stereocenters. The van der Waals surface area contributed by atoms with Crippen LogP contribution in [-0.4, -0.2) is 0 Å². The van der Waals surface area contributed by atoms with Crippen molar-refractivity contribution in [2.24, 2.45) is 45.3 Å². The van der Waals surface area contributed by atoms with Gasteiger partial charge in [0, 0.05) is 0 Å². The van der Waals surface area contributed by atoms with Gasteiger partial charge >= 0.3 is 0 Å². The van der Waals surface area contributed by atoms with Crippen LogP contribution >= 0.6 is 0 Å². The van der Waals surface area contributed by atoms with Gasteiger partial charge in [0.05, 0.1) is 0 Å². The highest BCUT2D eigenvalue weighted by molar-refractivity contribution is 5.14. The van der Waals surface area contributed by atoms with Crippen LogP contribution in [0.4, 0.5) is 0 Å². The largest absolute Gasteiger partial charge is 0.0599 e. The van der Waals surface area contributed by atoms with Gasteiger partial charge < -0.3 is 0 Å². The SMILES string of the molecule is C[C](C)C(C1CCC(C(C)(C)C)CC1)([C@H]1CC[C@H](C(C)(C)C)CC1)C(C)(C)C. The molecule has 28 heavy (non-hydrogen) atoms. The summed E-state index contributed by atoms with van der Waals surface area (Å²) in [5.41, 5.74) is 1.72. The maximum Gasteiger partial charge on any atom is -0.0136 e. The van der Waals surface area contributed by atoms with E-state index in [0.717, 1.165) is 23.7 Å². The van der Waals surface area contributed by atoms with Crippen molar-refractivity contribution in [3.05, 3.63) is 5.92 Å². The van der Waals surface area contributed by atoms with Crippen molar-refractivity contribution in [3.8, 4) is 0 Å². The molecule has 0 aromatic carbocycles. The molecule has 2 saturated carbocycles. The van der Waals surface area contributed by atoms with Crippen molar-refractivity contribution >= 4 is 0 Å². The van der Waals surface area contributed by atoms with Gasteiger partial charge in [0.15, 0.2) is 0 Å². The summed E-state index contributed by atoms with van der Waals surface area (Å²) in [6.45, 7) is 27.4. The first-order valence-corrected chi connectivity index (χ1v) is 12.4. The molecule has 0 heterocycles. The fourth-order valence-electron chi connectivity index (χ4n) is 7.95. The zero-order valence-electron chi connectivity index (χ0n) is 21.5. The second kappa shape index (κ2) is 8.26. The van der Waals surface area contributed by atoms with Crippen LogP contribution < -0.4 is 0 Å². The molecular formula is C28H53. The third-order valence-corrected chi connectivity index (χ3v) is 9.26. The highest BCUT2D eigenvalue weighted by atomic mass is 14.6. The summed E-state index contributed by atoms with van der Waals surface area (Å²) in [6, 6.07) is 0. The smallest absolute Gasteiger partial charge is 0.0136 e. The van der Waals surface area contributed by atoms with Gasteiger partial charge in [0.2, 0.25) is 0 Å². The summed E-state index contributed by atoms with van der Waals surface area (Å²) in [5.74, 6) is 5.32. The average molecular weight is 390 g/mol. The van der Waals surface area contributed by atoms with Crippen LogP contribution in [0.3, 0.4) is 0 Å². The lowest BCUT2D eigenvalue weighted by Gasteiger charge is -2.61. The molecule has 165 valence electrons. The van der Waals surface area contributed by atoms with E-state index in [1.807, 2.05) is 0 Å². The molecule has 0 amide bonds. The maximum atomic E-state index is 2.56. The quantitative estimate of drug-likeness (QED) is 0.451. The summed E-state index contributed by atoms with van der Waals surface area (Å²) < 4.78 is 0. The van der Waals surface area contributed by atoms with Crippen molar-refractivity contribution in [1.82, 2.24) is 0 Å². The molecular weight excluding hydrogens is 336 g/mol. The minimum atomic E-state index is 0.351. The van der Waals surface area contributed by atoms with E-state index in [1.54, 1.807) is 5.92 Å². The Balaban J connectivity index is 2.28. The van der Waals surface area contributed by atoms with Gasteiger partial charge in [-0.25, -0.2) is 0 Å². The Morgan fingerprint density at radius 2 is 0.714 bits per heavy atom. The Hall–Kier alpha value is 0. The van der Waals surface area contributed by atoms with Crippen LogP contribution in [0.25, 0.3) is 0 Å². The van der Waals surface area contributed by atoms with E-state index in [1.165, 1.54) is 51.4 Å². The molecule has 2 rings (SSSR count). The second-order valence-corrected chi connectivity index (χ2v) is 13.9. The molecule has 0 heteroatoms.